The van der Waals surface area contributed by atoms with Crippen LogP contribution < -0.4 is 0 Å². The van der Waals surface area contributed by atoms with Crippen LogP contribution in [0.25, 0.3) is 0 Å². The molecule has 0 saturated heterocycles. The number of carbonyl (C=O) groups is 1. The van der Waals surface area contributed by atoms with Crippen molar-refractivity contribution in [3.8, 4) is 0 Å². The first-order valence-electron chi connectivity index (χ1n) is 6.40. The highest BCUT2D eigenvalue weighted by atomic mass is 16.4. The number of aryl methyl sites for hydroxylation is 1. The number of rotatable bonds is 6. The van der Waals surface area contributed by atoms with Crippen molar-refractivity contribution in [3.63, 3.8) is 0 Å². The van der Waals surface area contributed by atoms with Crippen LogP contribution in [0.2, 0.25) is 0 Å². The van der Waals surface area contributed by atoms with Crippen LogP contribution in [0.1, 0.15) is 32.8 Å². The third kappa shape index (κ3) is 5.32. The summed E-state index contributed by atoms with van der Waals surface area (Å²) in [6.07, 6.45) is 1.97. The average Bonchev–Trinajstić information content (AvgIpc) is 2.27. The minimum Gasteiger partial charge on any atom is -0.480 e. The Bertz CT molecular complexity index is 368. The average molecular weight is 249 g/mol. The lowest BCUT2D eigenvalue weighted by Gasteiger charge is -2.34. The highest BCUT2D eigenvalue weighted by Gasteiger charge is 2.22. The van der Waals surface area contributed by atoms with Crippen LogP contribution in [-0.4, -0.2) is 34.6 Å². The summed E-state index contributed by atoms with van der Waals surface area (Å²) in [5.74, 6) is -0.760. The van der Waals surface area contributed by atoms with Crippen LogP contribution in [0.3, 0.4) is 0 Å². The zero-order valence-corrected chi connectivity index (χ0v) is 11.5. The smallest absolute Gasteiger partial charge is 0.317 e. The van der Waals surface area contributed by atoms with Crippen LogP contribution in [-0.2, 0) is 11.2 Å². The fourth-order valence-electron chi connectivity index (χ4n) is 1.93. The fourth-order valence-corrected chi connectivity index (χ4v) is 1.93. The van der Waals surface area contributed by atoms with Crippen molar-refractivity contribution in [3.05, 3.63) is 35.9 Å². The molecule has 0 atom stereocenters. The largest absolute Gasteiger partial charge is 0.480 e. The van der Waals surface area contributed by atoms with Gasteiger partial charge in [0.15, 0.2) is 0 Å². The molecular formula is C15H23NO2. The first-order chi connectivity index (χ1) is 8.39. The van der Waals surface area contributed by atoms with Crippen molar-refractivity contribution in [2.24, 2.45) is 0 Å². The third-order valence-electron chi connectivity index (χ3n) is 3.01. The van der Waals surface area contributed by atoms with Crippen LogP contribution in [0.5, 0.6) is 0 Å². The molecule has 0 aliphatic rings. The van der Waals surface area contributed by atoms with E-state index in [9.17, 15) is 4.79 Å². The van der Waals surface area contributed by atoms with Crippen LogP contribution in [0, 0.1) is 0 Å². The second kappa shape index (κ2) is 6.55. The highest BCUT2D eigenvalue weighted by molar-refractivity contribution is 5.69. The number of hydrogen-bond acceptors (Lipinski definition) is 2. The van der Waals surface area contributed by atoms with Gasteiger partial charge >= 0.3 is 5.97 Å². The number of carboxylic acid groups (broad SMARTS) is 1. The molecule has 0 fully saturated rings. The standard InChI is InChI=1S/C15H23NO2/c1-15(2,3)16(12-14(17)18)11-7-10-13-8-5-4-6-9-13/h4-6,8-9H,7,10-12H2,1-3H3,(H,17,18). The Morgan fingerprint density at radius 1 is 1.22 bits per heavy atom. The Morgan fingerprint density at radius 3 is 2.33 bits per heavy atom. The van der Waals surface area contributed by atoms with Crippen molar-refractivity contribution in [1.29, 1.82) is 0 Å². The Hall–Kier alpha value is -1.35. The quantitative estimate of drug-likeness (QED) is 0.842. The zero-order chi connectivity index (χ0) is 13.6. The molecule has 1 aromatic carbocycles. The summed E-state index contributed by atoms with van der Waals surface area (Å²) in [7, 11) is 0. The third-order valence-corrected chi connectivity index (χ3v) is 3.01. The molecule has 0 radical (unpaired) electrons. The molecule has 18 heavy (non-hydrogen) atoms. The van der Waals surface area contributed by atoms with Crippen molar-refractivity contribution in [2.45, 2.75) is 39.2 Å². The van der Waals surface area contributed by atoms with Gasteiger partial charge in [-0.2, -0.15) is 0 Å². The summed E-state index contributed by atoms with van der Waals surface area (Å²) in [5, 5.41) is 8.92. The fraction of sp³-hybridized carbons (Fsp3) is 0.533. The van der Waals surface area contributed by atoms with Gasteiger partial charge in [0, 0.05) is 5.54 Å². The maximum atomic E-state index is 10.8. The van der Waals surface area contributed by atoms with E-state index >= 15 is 0 Å². The van der Waals surface area contributed by atoms with Crippen molar-refractivity contribution < 1.29 is 9.90 Å². The number of hydrogen-bond donors (Lipinski definition) is 1. The molecule has 0 amide bonds. The number of benzene rings is 1. The van der Waals surface area contributed by atoms with E-state index in [1.54, 1.807) is 0 Å². The molecule has 3 nitrogen and oxygen atoms in total. The van der Waals surface area contributed by atoms with Gasteiger partial charge in [0.2, 0.25) is 0 Å². The van der Waals surface area contributed by atoms with Crippen LogP contribution >= 0.6 is 0 Å². The summed E-state index contributed by atoms with van der Waals surface area (Å²) in [5.41, 5.74) is 1.21. The van der Waals surface area contributed by atoms with Gasteiger partial charge in [-0.15, -0.1) is 0 Å². The molecule has 1 rings (SSSR count). The van der Waals surface area contributed by atoms with Gasteiger partial charge in [0.1, 0.15) is 0 Å². The Labute approximate surface area is 109 Å². The summed E-state index contributed by atoms with van der Waals surface area (Å²) >= 11 is 0. The first kappa shape index (κ1) is 14.7. The van der Waals surface area contributed by atoms with Crippen molar-refractivity contribution in [2.75, 3.05) is 13.1 Å². The maximum absolute atomic E-state index is 10.8. The van der Waals surface area contributed by atoms with Crippen LogP contribution in [0.4, 0.5) is 0 Å². The summed E-state index contributed by atoms with van der Waals surface area (Å²) in [6, 6.07) is 10.3. The minimum atomic E-state index is -0.760. The molecule has 0 unspecified atom stereocenters. The normalized spacial score (nSPS) is 11.8. The van der Waals surface area contributed by atoms with E-state index in [0.717, 1.165) is 19.4 Å². The maximum Gasteiger partial charge on any atom is 0.317 e. The summed E-state index contributed by atoms with van der Waals surface area (Å²) < 4.78 is 0. The van der Waals surface area contributed by atoms with Crippen molar-refractivity contribution in [1.82, 2.24) is 4.90 Å². The van der Waals surface area contributed by atoms with Gasteiger partial charge in [0.05, 0.1) is 6.54 Å². The van der Waals surface area contributed by atoms with Gasteiger partial charge in [-0.1, -0.05) is 30.3 Å². The van der Waals surface area contributed by atoms with Gasteiger partial charge in [-0.05, 0) is 45.7 Å². The summed E-state index contributed by atoms with van der Waals surface area (Å²) in [6.45, 7) is 7.08. The van der Waals surface area contributed by atoms with Crippen LogP contribution in [0.15, 0.2) is 30.3 Å². The van der Waals surface area contributed by atoms with E-state index in [-0.39, 0.29) is 12.1 Å². The molecule has 100 valence electrons. The predicted octanol–water partition coefficient (Wildman–Crippen LogP) is 2.80. The lowest BCUT2D eigenvalue weighted by Crippen LogP contribution is -2.45. The number of carboxylic acids is 1. The van der Waals surface area contributed by atoms with E-state index in [2.05, 4.69) is 32.9 Å². The van der Waals surface area contributed by atoms with E-state index in [1.807, 2.05) is 23.1 Å². The topological polar surface area (TPSA) is 40.5 Å². The van der Waals surface area contributed by atoms with Gasteiger partial charge < -0.3 is 5.11 Å². The summed E-state index contributed by atoms with van der Waals surface area (Å²) in [4.78, 5) is 12.9. The lowest BCUT2D eigenvalue weighted by molar-refractivity contribution is -0.139. The predicted molar refractivity (Wildman–Crippen MR) is 73.7 cm³/mol. The monoisotopic (exact) mass is 249 g/mol. The van der Waals surface area contributed by atoms with Gasteiger partial charge in [0.25, 0.3) is 0 Å². The molecule has 0 saturated carbocycles. The van der Waals surface area contributed by atoms with Gasteiger partial charge in [-0.3, -0.25) is 9.69 Å². The second-order valence-electron chi connectivity index (χ2n) is 5.58. The first-order valence-corrected chi connectivity index (χ1v) is 6.40. The molecule has 0 bridgehead atoms. The Balaban J connectivity index is 2.45. The molecule has 0 aliphatic carbocycles. The highest BCUT2D eigenvalue weighted by Crippen LogP contribution is 2.14. The van der Waals surface area contributed by atoms with E-state index in [0.29, 0.717) is 0 Å². The van der Waals surface area contributed by atoms with Crippen molar-refractivity contribution >= 4 is 5.97 Å². The molecule has 1 aromatic rings. The molecular weight excluding hydrogens is 226 g/mol. The minimum absolute atomic E-state index is 0.102. The zero-order valence-electron chi connectivity index (χ0n) is 11.5. The van der Waals surface area contributed by atoms with E-state index < -0.39 is 5.97 Å². The SMILES string of the molecule is CC(C)(C)N(CCCc1ccccc1)CC(=O)O. The molecule has 0 heterocycles. The van der Waals surface area contributed by atoms with Gasteiger partial charge in [-0.25, -0.2) is 0 Å². The molecule has 0 aliphatic heterocycles. The van der Waals surface area contributed by atoms with E-state index in [4.69, 9.17) is 5.11 Å². The Morgan fingerprint density at radius 2 is 1.83 bits per heavy atom. The molecule has 0 spiro atoms. The molecule has 3 heteroatoms. The number of aliphatic carboxylic acids is 1. The van der Waals surface area contributed by atoms with E-state index in [1.165, 1.54) is 5.56 Å². The number of nitrogens with zero attached hydrogens (tertiary/aromatic N) is 1. The second-order valence-corrected chi connectivity index (χ2v) is 5.58. The lowest BCUT2D eigenvalue weighted by atomic mass is 10.0. The Kier molecular flexibility index (Phi) is 5.35. The molecule has 1 N–H and O–H groups in total. The molecule has 0 aromatic heterocycles.